The molecule has 9 heteroatoms. The second kappa shape index (κ2) is 5.32. The largest absolute Gasteiger partial charge is 0.351 e. The van der Waals surface area contributed by atoms with E-state index in [-0.39, 0.29) is 17.5 Å². The molecule has 0 aromatic carbocycles. The number of halogens is 2. The summed E-state index contributed by atoms with van der Waals surface area (Å²) in [6.45, 7) is 2.17. The van der Waals surface area contributed by atoms with E-state index in [9.17, 15) is 8.42 Å². The average molecular weight is 325 g/mol. The van der Waals surface area contributed by atoms with E-state index < -0.39 is 9.84 Å². The molecule has 1 atom stereocenters. The molecule has 0 aliphatic carbocycles. The molecule has 1 aliphatic rings. The van der Waals surface area contributed by atoms with Crippen LogP contribution < -0.4 is 16.2 Å². The number of hydrogen-bond acceptors (Lipinski definition) is 6. The highest BCUT2D eigenvalue weighted by Crippen LogP contribution is 2.33. The van der Waals surface area contributed by atoms with Gasteiger partial charge in [-0.15, -0.1) is 0 Å². The van der Waals surface area contributed by atoms with Gasteiger partial charge in [-0.3, -0.25) is 0 Å². The standard InChI is InChI=1S/C10H14Cl2N4O2S/c1-6-5-19(17,18)3-2-16(6)10-8(12)4-7(11)9(14-10)15-13/h4,6H,2-3,5,13H2,1H3,(H,14,15). The summed E-state index contributed by atoms with van der Waals surface area (Å²) in [5, 5.41) is 0.684. The Labute approximate surface area is 121 Å². The summed E-state index contributed by atoms with van der Waals surface area (Å²) in [6.07, 6.45) is 0. The first-order valence-electron chi connectivity index (χ1n) is 5.64. The monoisotopic (exact) mass is 324 g/mol. The minimum Gasteiger partial charge on any atom is -0.351 e. The van der Waals surface area contributed by atoms with E-state index in [1.165, 1.54) is 6.07 Å². The highest BCUT2D eigenvalue weighted by Gasteiger charge is 2.30. The van der Waals surface area contributed by atoms with Gasteiger partial charge in [-0.2, -0.15) is 0 Å². The number of anilines is 2. The van der Waals surface area contributed by atoms with Crippen molar-refractivity contribution in [3.63, 3.8) is 0 Å². The summed E-state index contributed by atoms with van der Waals surface area (Å²) >= 11 is 12.0. The van der Waals surface area contributed by atoms with Gasteiger partial charge in [0, 0.05) is 12.6 Å². The molecule has 106 valence electrons. The lowest BCUT2D eigenvalue weighted by atomic mass is 10.3. The summed E-state index contributed by atoms with van der Waals surface area (Å²) in [4.78, 5) is 6.09. The molecule has 2 rings (SSSR count). The summed E-state index contributed by atoms with van der Waals surface area (Å²) in [5.41, 5.74) is 2.39. The fourth-order valence-corrected chi connectivity index (χ4v) is 4.15. The summed E-state index contributed by atoms with van der Waals surface area (Å²) < 4.78 is 23.1. The molecule has 2 heterocycles. The zero-order chi connectivity index (χ0) is 14.2. The predicted octanol–water partition coefficient (Wildman–Crippen LogP) is 1.30. The van der Waals surface area contributed by atoms with Crippen LogP contribution in [0.15, 0.2) is 6.07 Å². The third-order valence-electron chi connectivity index (χ3n) is 2.99. The van der Waals surface area contributed by atoms with Gasteiger partial charge in [0.15, 0.2) is 15.7 Å². The Morgan fingerprint density at radius 1 is 1.47 bits per heavy atom. The molecule has 0 saturated carbocycles. The number of aromatic nitrogens is 1. The number of nitrogens with one attached hydrogen (secondary N) is 1. The Balaban J connectivity index is 2.37. The zero-order valence-corrected chi connectivity index (χ0v) is 12.6. The lowest BCUT2D eigenvalue weighted by molar-refractivity contribution is 0.567. The number of hydrazine groups is 1. The van der Waals surface area contributed by atoms with E-state index in [1.54, 1.807) is 0 Å². The maximum Gasteiger partial charge on any atom is 0.161 e. The Bertz CT molecular complexity index is 593. The number of pyridine rings is 1. The number of nitrogens with two attached hydrogens (primary N) is 1. The van der Waals surface area contributed by atoms with Gasteiger partial charge in [0.2, 0.25) is 0 Å². The first-order chi connectivity index (χ1) is 8.84. The molecule has 3 N–H and O–H groups in total. The highest BCUT2D eigenvalue weighted by molar-refractivity contribution is 7.91. The molecule has 1 aromatic heterocycles. The zero-order valence-electron chi connectivity index (χ0n) is 10.2. The Kier molecular flexibility index (Phi) is 4.10. The first kappa shape index (κ1) is 14.6. The molecule has 0 spiro atoms. The van der Waals surface area contributed by atoms with E-state index in [4.69, 9.17) is 29.0 Å². The van der Waals surface area contributed by atoms with Gasteiger partial charge in [-0.25, -0.2) is 19.2 Å². The van der Waals surface area contributed by atoms with E-state index in [2.05, 4.69) is 10.4 Å². The van der Waals surface area contributed by atoms with Gasteiger partial charge >= 0.3 is 0 Å². The van der Waals surface area contributed by atoms with Crippen molar-refractivity contribution in [3.05, 3.63) is 16.1 Å². The van der Waals surface area contributed by atoms with Gasteiger partial charge in [-0.05, 0) is 13.0 Å². The molecule has 1 aliphatic heterocycles. The van der Waals surface area contributed by atoms with Crippen LogP contribution in [0.3, 0.4) is 0 Å². The molecule has 1 aromatic rings. The molecule has 0 radical (unpaired) electrons. The average Bonchev–Trinajstić information content (AvgIpc) is 2.29. The molecular formula is C10H14Cl2N4O2S. The fraction of sp³-hybridized carbons (Fsp3) is 0.500. The van der Waals surface area contributed by atoms with Crippen LogP contribution in [0.5, 0.6) is 0 Å². The van der Waals surface area contributed by atoms with Crippen molar-refractivity contribution in [2.24, 2.45) is 5.84 Å². The Morgan fingerprint density at radius 3 is 2.74 bits per heavy atom. The van der Waals surface area contributed by atoms with Crippen LogP contribution in [0.1, 0.15) is 6.92 Å². The lowest BCUT2D eigenvalue weighted by Crippen LogP contribution is -2.47. The molecule has 0 amide bonds. The van der Waals surface area contributed by atoms with Crippen LogP contribution in [0, 0.1) is 0 Å². The van der Waals surface area contributed by atoms with Gasteiger partial charge in [-0.1, -0.05) is 23.2 Å². The second-order valence-corrected chi connectivity index (χ2v) is 7.47. The van der Waals surface area contributed by atoms with Crippen LogP contribution in [-0.2, 0) is 9.84 Å². The summed E-state index contributed by atoms with van der Waals surface area (Å²) in [6, 6.07) is 1.34. The molecule has 0 bridgehead atoms. The van der Waals surface area contributed by atoms with E-state index in [0.717, 1.165) is 0 Å². The van der Waals surface area contributed by atoms with Gasteiger partial charge in [0.05, 0.1) is 21.6 Å². The molecule has 1 fully saturated rings. The van der Waals surface area contributed by atoms with E-state index in [1.807, 2.05) is 11.8 Å². The summed E-state index contributed by atoms with van der Waals surface area (Å²) in [7, 11) is -2.99. The van der Waals surface area contributed by atoms with Crippen molar-refractivity contribution in [2.75, 3.05) is 28.4 Å². The molecular weight excluding hydrogens is 311 g/mol. The number of nitrogens with zero attached hydrogens (tertiary/aromatic N) is 2. The van der Waals surface area contributed by atoms with Gasteiger partial charge in [0.1, 0.15) is 5.82 Å². The SMILES string of the molecule is CC1CS(=O)(=O)CCN1c1nc(NN)c(Cl)cc1Cl. The van der Waals surface area contributed by atoms with Crippen LogP contribution in [0.25, 0.3) is 0 Å². The van der Waals surface area contributed by atoms with Crippen LogP contribution in [0.4, 0.5) is 11.6 Å². The fourth-order valence-electron chi connectivity index (χ4n) is 2.07. The van der Waals surface area contributed by atoms with E-state index in [0.29, 0.717) is 28.2 Å². The number of rotatable bonds is 2. The third kappa shape index (κ3) is 3.05. The third-order valence-corrected chi connectivity index (χ3v) is 5.35. The normalized spacial score (nSPS) is 22.3. The lowest BCUT2D eigenvalue weighted by Gasteiger charge is -2.34. The van der Waals surface area contributed by atoms with Crippen LogP contribution >= 0.6 is 23.2 Å². The van der Waals surface area contributed by atoms with Crippen molar-refractivity contribution in [1.82, 2.24) is 4.98 Å². The van der Waals surface area contributed by atoms with Crippen molar-refractivity contribution >= 4 is 44.7 Å². The minimum absolute atomic E-state index is 0.0824. The smallest absolute Gasteiger partial charge is 0.161 e. The number of nitrogen functional groups attached to an aromatic ring is 1. The predicted molar refractivity (Wildman–Crippen MR) is 77.5 cm³/mol. The quantitative estimate of drug-likeness (QED) is 0.629. The van der Waals surface area contributed by atoms with Gasteiger partial charge in [0.25, 0.3) is 0 Å². The van der Waals surface area contributed by atoms with Gasteiger partial charge < -0.3 is 10.3 Å². The Hall–Kier alpha value is -0.760. The number of hydrogen-bond donors (Lipinski definition) is 2. The minimum atomic E-state index is -2.99. The van der Waals surface area contributed by atoms with Crippen molar-refractivity contribution in [1.29, 1.82) is 0 Å². The molecule has 6 nitrogen and oxygen atoms in total. The maximum atomic E-state index is 11.6. The van der Waals surface area contributed by atoms with Crippen molar-refractivity contribution in [2.45, 2.75) is 13.0 Å². The molecule has 1 saturated heterocycles. The number of sulfone groups is 1. The van der Waals surface area contributed by atoms with E-state index >= 15 is 0 Å². The van der Waals surface area contributed by atoms with Crippen molar-refractivity contribution < 1.29 is 8.42 Å². The highest BCUT2D eigenvalue weighted by atomic mass is 35.5. The summed E-state index contributed by atoms with van der Waals surface area (Å²) in [5.74, 6) is 6.29. The first-order valence-corrected chi connectivity index (χ1v) is 8.21. The second-order valence-electron chi connectivity index (χ2n) is 4.43. The molecule has 1 unspecified atom stereocenters. The topological polar surface area (TPSA) is 88.3 Å². The van der Waals surface area contributed by atoms with Crippen LogP contribution in [0.2, 0.25) is 10.0 Å². The van der Waals surface area contributed by atoms with Crippen LogP contribution in [-0.4, -0.2) is 37.5 Å². The molecule has 19 heavy (non-hydrogen) atoms. The maximum absolute atomic E-state index is 11.6. The van der Waals surface area contributed by atoms with Crippen molar-refractivity contribution in [3.8, 4) is 0 Å². The Morgan fingerprint density at radius 2 is 2.16 bits per heavy atom.